The predicted molar refractivity (Wildman–Crippen MR) is 87.2 cm³/mol. The molecule has 2 N–H and O–H groups in total. The maximum atomic E-state index is 11.6. The third-order valence-corrected chi connectivity index (χ3v) is 3.71. The highest BCUT2D eigenvalue weighted by molar-refractivity contribution is 8.00. The number of carbonyl (C=O) groups excluding carboxylic acids is 3. The molecule has 126 valence electrons. The molecule has 0 fully saturated rings. The molecule has 2 rings (SSSR count). The van der Waals surface area contributed by atoms with Gasteiger partial charge < -0.3 is 14.5 Å². The van der Waals surface area contributed by atoms with E-state index >= 15 is 0 Å². The molecule has 1 heterocycles. The Bertz CT molecular complexity index is 673. The predicted octanol–water partition coefficient (Wildman–Crippen LogP) is 1.94. The number of benzene rings is 1. The summed E-state index contributed by atoms with van der Waals surface area (Å²) < 4.78 is 9.84. The van der Waals surface area contributed by atoms with Crippen molar-refractivity contribution in [3.05, 3.63) is 54.5 Å². The van der Waals surface area contributed by atoms with E-state index in [1.807, 2.05) is 30.3 Å². The minimum atomic E-state index is -0.704. The molecule has 8 heteroatoms. The van der Waals surface area contributed by atoms with Crippen molar-refractivity contribution in [2.75, 3.05) is 12.4 Å². The van der Waals surface area contributed by atoms with Gasteiger partial charge in [-0.1, -0.05) is 18.2 Å². The van der Waals surface area contributed by atoms with Gasteiger partial charge in [0.15, 0.2) is 6.61 Å². The number of nitrogens with one attached hydrogen (secondary N) is 2. The Kier molecular flexibility index (Phi) is 6.91. The van der Waals surface area contributed by atoms with E-state index in [9.17, 15) is 14.4 Å². The van der Waals surface area contributed by atoms with Crippen molar-refractivity contribution in [2.45, 2.75) is 11.4 Å². The monoisotopic (exact) mass is 348 g/mol. The molecule has 7 nitrogen and oxygen atoms in total. The second-order valence-corrected chi connectivity index (χ2v) is 5.62. The van der Waals surface area contributed by atoms with E-state index in [1.165, 1.54) is 18.0 Å². The molecule has 1 aromatic carbocycles. The molecule has 0 radical (unpaired) electrons. The lowest BCUT2D eigenvalue weighted by atomic mass is 10.4. The number of thioether (sulfide) groups is 1. The lowest BCUT2D eigenvalue weighted by Crippen LogP contribution is -2.41. The molecule has 0 aliphatic carbocycles. The fraction of sp³-hybridized carbons (Fsp3) is 0.188. The molecule has 0 saturated heterocycles. The number of carbonyl (C=O) groups is 3. The highest BCUT2D eigenvalue weighted by atomic mass is 32.2. The first-order valence-electron chi connectivity index (χ1n) is 7.07. The summed E-state index contributed by atoms with van der Waals surface area (Å²) >= 11 is 1.30. The average molecular weight is 348 g/mol. The van der Waals surface area contributed by atoms with E-state index in [0.717, 1.165) is 4.90 Å². The van der Waals surface area contributed by atoms with Crippen molar-refractivity contribution in [3.8, 4) is 0 Å². The second-order valence-electron chi connectivity index (χ2n) is 4.57. The second kappa shape index (κ2) is 9.41. The van der Waals surface area contributed by atoms with Gasteiger partial charge in [0.2, 0.25) is 0 Å². The Morgan fingerprint density at radius 2 is 1.88 bits per heavy atom. The number of amides is 3. The summed E-state index contributed by atoms with van der Waals surface area (Å²) in [7, 11) is 0. The van der Waals surface area contributed by atoms with E-state index in [2.05, 4.69) is 10.6 Å². The number of hydrogen-bond acceptors (Lipinski definition) is 6. The molecule has 3 amide bonds. The van der Waals surface area contributed by atoms with Gasteiger partial charge in [-0.25, -0.2) is 4.79 Å². The number of urea groups is 1. The summed E-state index contributed by atoms with van der Waals surface area (Å²) in [6, 6.07) is 12.0. The third-order valence-electron chi connectivity index (χ3n) is 2.72. The van der Waals surface area contributed by atoms with Crippen molar-refractivity contribution < 1.29 is 23.5 Å². The molecular formula is C16H16N2O5S. The summed E-state index contributed by atoms with van der Waals surface area (Å²) in [5.41, 5.74) is 0. The fourth-order valence-corrected chi connectivity index (χ4v) is 2.35. The zero-order valence-corrected chi connectivity index (χ0v) is 13.5. The Labute approximate surface area is 142 Å². The van der Waals surface area contributed by atoms with E-state index in [-0.39, 0.29) is 12.3 Å². The Morgan fingerprint density at radius 3 is 2.58 bits per heavy atom. The van der Waals surface area contributed by atoms with Crippen LogP contribution in [0.5, 0.6) is 0 Å². The smallest absolute Gasteiger partial charge is 0.321 e. The van der Waals surface area contributed by atoms with Crippen LogP contribution in [0.15, 0.2) is 58.0 Å². The van der Waals surface area contributed by atoms with Crippen molar-refractivity contribution in [1.29, 1.82) is 0 Å². The minimum Gasteiger partial charge on any atom is -0.467 e. The van der Waals surface area contributed by atoms with Crippen LogP contribution in [-0.4, -0.2) is 30.3 Å². The molecule has 0 bridgehead atoms. The first-order chi connectivity index (χ1) is 11.6. The fourth-order valence-electron chi connectivity index (χ4n) is 1.63. The highest BCUT2D eigenvalue weighted by Crippen LogP contribution is 2.16. The van der Waals surface area contributed by atoms with Crippen molar-refractivity contribution in [3.63, 3.8) is 0 Å². The van der Waals surface area contributed by atoms with Crippen LogP contribution in [0.1, 0.15) is 5.76 Å². The lowest BCUT2D eigenvalue weighted by Gasteiger charge is -2.06. The summed E-state index contributed by atoms with van der Waals surface area (Å²) in [6.45, 7) is -0.359. The first-order valence-corrected chi connectivity index (χ1v) is 8.05. The number of rotatable bonds is 7. The van der Waals surface area contributed by atoms with Crippen LogP contribution in [0.4, 0.5) is 4.79 Å². The molecule has 0 atom stereocenters. The Hall–Kier alpha value is -2.74. The van der Waals surface area contributed by atoms with Gasteiger partial charge in [0.1, 0.15) is 5.76 Å². The van der Waals surface area contributed by atoms with Crippen LogP contribution in [-0.2, 0) is 20.9 Å². The Balaban J connectivity index is 1.59. The molecular weight excluding hydrogens is 332 g/mol. The van der Waals surface area contributed by atoms with E-state index < -0.39 is 24.5 Å². The number of furan rings is 1. The maximum Gasteiger partial charge on any atom is 0.321 e. The van der Waals surface area contributed by atoms with Gasteiger partial charge in [0, 0.05) is 4.90 Å². The molecule has 0 spiro atoms. The zero-order valence-electron chi connectivity index (χ0n) is 12.7. The van der Waals surface area contributed by atoms with Crippen LogP contribution in [0.25, 0.3) is 0 Å². The highest BCUT2D eigenvalue weighted by Gasteiger charge is 2.11. The summed E-state index contributed by atoms with van der Waals surface area (Å²) in [5.74, 6) is -0.593. The number of hydrogen-bond donors (Lipinski definition) is 2. The van der Waals surface area contributed by atoms with Gasteiger partial charge >= 0.3 is 12.0 Å². The molecule has 1 aromatic heterocycles. The van der Waals surface area contributed by atoms with Crippen LogP contribution >= 0.6 is 11.8 Å². The third kappa shape index (κ3) is 6.57. The summed E-state index contributed by atoms with van der Waals surface area (Å²) in [5, 5.41) is 4.50. The molecule has 24 heavy (non-hydrogen) atoms. The summed E-state index contributed by atoms with van der Waals surface area (Å²) in [6.07, 6.45) is 1.48. The molecule has 0 saturated carbocycles. The quantitative estimate of drug-likeness (QED) is 0.586. The number of esters is 1. The number of imide groups is 1. The lowest BCUT2D eigenvalue weighted by molar-refractivity contribution is -0.145. The van der Waals surface area contributed by atoms with Gasteiger partial charge in [0.25, 0.3) is 5.91 Å². The largest absolute Gasteiger partial charge is 0.467 e. The standard InChI is InChI=1S/C16H16N2O5S/c19-14(18-16(21)17-9-12-5-4-8-22-12)10-23-15(20)11-24-13-6-2-1-3-7-13/h1-8H,9-11H2,(H2,17,18,19,21). The number of ether oxygens (including phenoxy) is 1. The van der Waals surface area contributed by atoms with E-state index in [0.29, 0.717) is 5.76 Å². The van der Waals surface area contributed by atoms with Crippen molar-refractivity contribution >= 4 is 29.7 Å². The van der Waals surface area contributed by atoms with Gasteiger partial charge in [-0.05, 0) is 24.3 Å². The van der Waals surface area contributed by atoms with Crippen molar-refractivity contribution in [2.24, 2.45) is 0 Å². The summed E-state index contributed by atoms with van der Waals surface area (Å²) in [4.78, 5) is 35.5. The van der Waals surface area contributed by atoms with Gasteiger partial charge in [-0.15, -0.1) is 11.8 Å². The SMILES string of the molecule is O=C(COC(=O)CSc1ccccc1)NC(=O)NCc1ccco1. The van der Waals surface area contributed by atoms with Crippen LogP contribution in [0, 0.1) is 0 Å². The van der Waals surface area contributed by atoms with Gasteiger partial charge in [-0.3, -0.25) is 14.9 Å². The average Bonchev–Trinajstić information content (AvgIpc) is 3.11. The normalized spacial score (nSPS) is 10.0. The topological polar surface area (TPSA) is 97.6 Å². The molecule has 2 aromatic rings. The molecule has 0 aliphatic heterocycles. The van der Waals surface area contributed by atoms with Crippen LogP contribution in [0.3, 0.4) is 0 Å². The van der Waals surface area contributed by atoms with E-state index in [1.54, 1.807) is 12.1 Å². The van der Waals surface area contributed by atoms with Gasteiger partial charge in [-0.2, -0.15) is 0 Å². The van der Waals surface area contributed by atoms with Crippen molar-refractivity contribution in [1.82, 2.24) is 10.6 Å². The van der Waals surface area contributed by atoms with Crippen LogP contribution < -0.4 is 10.6 Å². The van der Waals surface area contributed by atoms with Crippen LogP contribution in [0.2, 0.25) is 0 Å². The Morgan fingerprint density at radius 1 is 1.08 bits per heavy atom. The van der Waals surface area contributed by atoms with Gasteiger partial charge in [0.05, 0.1) is 18.6 Å². The first kappa shape index (κ1) is 17.6. The maximum absolute atomic E-state index is 11.6. The van der Waals surface area contributed by atoms with E-state index in [4.69, 9.17) is 9.15 Å². The molecule has 0 aliphatic rings. The molecule has 0 unspecified atom stereocenters. The minimum absolute atomic E-state index is 0.0853. The zero-order chi connectivity index (χ0) is 17.2.